The maximum atomic E-state index is 11.0. The summed E-state index contributed by atoms with van der Waals surface area (Å²) in [5.74, 6) is 0. The second-order valence-corrected chi connectivity index (χ2v) is 35.6. The Morgan fingerprint density at radius 1 is 0.246 bits per heavy atom. The van der Waals surface area contributed by atoms with Crippen molar-refractivity contribution in [2.45, 2.75) is 52.4 Å². The van der Waals surface area contributed by atoms with E-state index in [9.17, 15) is 35.6 Å². The van der Waals surface area contributed by atoms with E-state index >= 15 is 0 Å². The highest BCUT2D eigenvalue weighted by Crippen LogP contribution is 2.60. The molecule has 0 N–H and O–H groups in total. The Morgan fingerprint density at radius 2 is 0.531 bits per heavy atom. The second-order valence-electron chi connectivity index (χ2n) is 35.6. The first-order valence-electron chi connectivity index (χ1n) is 58.1. The van der Waals surface area contributed by atoms with Gasteiger partial charge >= 0.3 is 0 Å². The molecular weight excluding hydrogens is 1570 g/mol. The summed E-state index contributed by atoms with van der Waals surface area (Å²) in [6, 6.07) is 53.8. The fraction of sp³-hybridized carbons (Fsp3) is 0.0656. The smallest absolute Gasteiger partial charge is 0.252 e. The fourth-order valence-electron chi connectivity index (χ4n) is 20.7. The first-order chi connectivity index (χ1) is 76.3. The summed E-state index contributed by atoms with van der Waals surface area (Å²) >= 11 is 0. The molecule has 6 aromatic heterocycles. The summed E-state index contributed by atoms with van der Waals surface area (Å²) in [5.41, 5.74) is 9.73. The van der Waals surface area contributed by atoms with Crippen LogP contribution in [0.2, 0.25) is 0 Å². The first-order valence-corrected chi connectivity index (χ1v) is 43.1. The lowest BCUT2D eigenvalue weighted by Gasteiger charge is -2.46. The van der Waals surface area contributed by atoms with Gasteiger partial charge in [0.1, 0.15) is 0 Å². The summed E-state index contributed by atoms with van der Waals surface area (Å²) in [4.78, 5) is 4.61. The molecule has 0 saturated heterocycles. The molecule has 130 heavy (non-hydrogen) atoms. The van der Waals surface area contributed by atoms with Gasteiger partial charge in [-0.1, -0.05) is 320 Å². The number of benzene rings is 19. The van der Waals surface area contributed by atoms with Crippen LogP contribution in [0.25, 0.3) is 193 Å². The average Bonchev–Trinajstić information content (AvgIpc) is 1.43. The number of hydrogen-bond donors (Lipinski definition) is 0. The topological polar surface area (TPSA) is 30.6 Å². The quantitative estimate of drug-likeness (QED) is 0.128. The molecule has 7 nitrogen and oxygen atoms in total. The summed E-state index contributed by atoms with van der Waals surface area (Å²) in [6.45, 7) is 11.8. The lowest BCUT2D eigenvalue weighted by Crippen LogP contribution is -2.61. The third-order valence-electron chi connectivity index (χ3n) is 26.4. The number of nitrogens with zero attached hydrogens (tertiary/aromatic N) is 7. The normalized spacial score (nSPS) is 16.2. The molecule has 0 amide bonds. The van der Waals surface area contributed by atoms with E-state index in [1.165, 1.54) is 9.13 Å². The minimum Gasteiger partial charge on any atom is -0.309 e. The van der Waals surface area contributed by atoms with Crippen molar-refractivity contribution in [2.75, 3.05) is 9.80 Å². The molecule has 0 atom stereocenters. The molecule has 0 spiro atoms. The predicted octanol–water partition coefficient (Wildman–Crippen LogP) is 30.6. The third-order valence-corrected chi connectivity index (χ3v) is 26.4. The molecule has 2 aliphatic rings. The van der Waals surface area contributed by atoms with Crippen LogP contribution in [0, 0.1) is 0 Å². The number of fused-ring (bicyclic) bond motifs is 24. The molecule has 27 rings (SSSR count). The number of aromatic nitrogens is 5. The van der Waals surface area contributed by atoms with E-state index in [1.807, 2.05) is 121 Å². The molecule has 0 unspecified atom stereocenters. The summed E-state index contributed by atoms with van der Waals surface area (Å²) in [7, 11) is 0. The Kier molecular flexibility index (Phi) is 10.7. The van der Waals surface area contributed by atoms with Gasteiger partial charge in [0.15, 0.2) is 0 Å². The van der Waals surface area contributed by atoms with Crippen molar-refractivity contribution in [3.63, 3.8) is 0 Å². The van der Waals surface area contributed by atoms with Gasteiger partial charge in [-0.3, -0.25) is 0 Å². The number of hydrogen-bond acceptors (Lipinski definition) is 2. The van der Waals surface area contributed by atoms with Crippen molar-refractivity contribution >= 4 is 183 Å². The van der Waals surface area contributed by atoms with Crippen LogP contribution < -0.4 is 26.2 Å². The van der Waals surface area contributed by atoms with Crippen molar-refractivity contribution in [2.24, 2.45) is 0 Å². The van der Waals surface area contributed by atoms with Crippen LogP contribution in [0.1, 0.15) is 93.8 Å². The Hall–Kier alpha value is -16.2. The van der Waals surface area contributed by atoms with Gasteiger partial charge in [-0.25, -0.2) is 0 Å². The molecule has 19 aromatic carbocycles. The molecule has 0 radical (unpaired) electrons. The van der Waals surface area contributed by atoms with Gasteiger partial charge in [-0.15, -0.1) is 0 Å². The lowest BCUT2D eigenvalue weighted by molar-refractivity contribution is 0.590. The van der Waals surface area contributed by atoms with Crippen molar-refractivity contribution < 1.29 is 41.1 Å². The zero-order chi connectivity index (χ0) is 112. The van der Waals surface area contributed by atoms with Gasteiger partial charge in [-0.05, 0) is 194 Å². The SMILES string of the molecule is [2H]c1c([2H])c([2H])c2c(c1[2H])c1c([2H])c(-n3c4c([2H])c([2H])c([2H])c([2H])c4c4c([2H])c([2H])c([2H])c([2H])c43)c([2H])c([2H])c1n2-c1ccc2c(c1)N(c1c(-c3ccccc3)cc(C(C)(C)C)cc1-c1ccccc1)c1c3c(c4c5ccccc5n5c6ccccc6c1c45)N(c1c(-c4ccccc4)cc(C(C)(C)C)cc1-c1ccccc1)c1cc(-n4c5c([2H])c([2H])c([2H])c([2H])c5c5c([2H])c(-n6c7c([2H])c([2H])c([2H])c([2H])c7c7c([2H])c([2H])c([2H])c([2H])c76)c([2H])c([2H])c54)ccc1B23. The van der Waals surface area contributed by atoms with Gasteiger partial charge in [0, 0.05) is 121 Å². The van der Waals surface area contributed by atoms with E-state index in [4.69, 9.17) is 5.48 Å². The van der Waals surface area contributed by atoms with Crippen LogP contribution in [0.5, 0.6) is 0 Å². The molecule has 0 aliphatic carbocycles. The van der Waals surface area contributed by atoms with Gasteiger partial charge < -0.3 is 32.5 Å². The van der Waals surface area contributed by atoms with Crippen molar-refractivity contribution in [3.8, 4) is 67.3 Å². The van der Waals surface area contributed by atoms with Crippen molar-refractivity contribution in [3.05, 3.63) is 423 Å². The standard InChI is InChI=1S/C122H86BN7/c1-121(2,3)79-67-93(75-35-11-7-12-36-75)116(94(68-79)76-37-13-8-14-38-76)129-111-73-83(126-105-55-31-23-47-89(105)97-71-81(61-65-109(97)126)124-101-51-27-19-43-85(101)86-44-20-28-52-102(86)124)59-63-99(111)123-100-64-60-84(127-106-56-32-24-48-90(106)98-72-82(62-66-110(98)127)125-103-53-29-21-45-87(103)88-46-22-30-54-104(88)125)74-112(100)130(117-95(77-39-15-9-16-40-77)69-80(122(4,5)6)70-96(117)78-41-17-10-18-42-78)120-114-92-50-26-34-58-108(92)128-107-57-33-25-49-91(107)113(118(114)128)119(129)115(120)123/h7-74H,1-6H3/i19D,20D,21D,22D,23D,24D,27D,28D,29D,30D,31D,32D,43D,44D,45D,46D,47D,48D,51D,52D,53D,54D,55D,56D,61D,62D,65D,66D,71D,72D. The third kappa shape index (κ3) is 10.6. The zero-order valence-corrected chi connectivity index (χ0v) is 70.6. The Balaban J connectivity index is 0.862. The van der Waals surface area contributed by atoms with E-state index in [0.29, 0.717) is 56.0 Å². The molecule has 25 aromatic rings. The van der Waals surface area contributed by atoms with E-state index in [1.54, 1.807) is 12.1 Å². The van der Waals surface area contributed by atoms with E-state index in [0.717, 1.165) is 97.3 Å². The zero-order valence-electron chi connectivity index (χ0n) is 101. The highest BCUT2D eigenvalue weighted by Gasteiger charge is 2.49. The van der Waals surface area contributed by atoms with Crippen LogP contribution in [-0.2, 0) is 10.8 Å². The molecule has 8 heteroatoms. The largest absolute Gasteiger partial charge is 0.309 e. The van der Waals surface area contributed by atoms with Gasteiger partial charge in [-0.2, -0.15) is 0 Å². The van der Waals surface area contributed by atoms with Crippen LogP contribution in [-0.4, -0.2) is 29.4 Å². The molecule has 8 heterocycles. The Bertz CT molecular complexity index is 10200. The minimum absolute atomic E-state index is 0.0881. The van der Waals surface area contributed by atoms with E-state index in [2.05, 4.69) is 153 Å². The van der Waals surface area contributed by atoms with Gasteiger partial charge in [0.05, 0.1) is 125 Å². The lowest BCUT2D eigenvalue weighted by atomic mass is 9.33. The van der Waals surface area contributed by atoms with Gasteiger partial charge in [0.25, 0.3) is 6.71 Å². The average molecular weight is 1690 g/mol. The molecule has 612 valence electrons. The van der Waals surface area contributed by atoms with E-state index < -0.39 is 254 Å². The fourth-order valence-corrected chi connectivity index (χ4v) is 20.7. The maximum Gasteiger partial charge on any atom is 0.252 e. The number of rotatable bonds is 10. The molecule has 0 saturated carbocycles. The first kappa shape index (κ1) is 50.3. The molecule has 2 aliphatic heterocycles. The molecular formula is C122H86BN7. The summed E-state index contributed by atoms with van der Waals surface area (Å²) in [6.07, 6.45) is 0. The van der Waals surface area contributed by atoms with Crippen LogP contribution in [0.15, 0.2) is 412 Å². The minimum atomic E-state index is -1.10. The highest BCUT2D eigenvalue weighted by atomic mass is 15.2. The maximum absolute atomic E-state index is 11.0. The monoisotopic (exact) mass is 1690 g/mol. The van der Waals surface area contributed by atoms with Crippen molar-refractivity contribution in [1.82, 2.24) is 22.7 Å². The highest BCUT2D eigenvalue weighted by molar-refractivity contribution is 7.01. The molecule has 0 fully saturated rings. The predicted molar refractivity (Wildman–Crippen MR) is 552 cm³/mol. The number of para-hydroxylation sites is 8. The Labute approximate surface area is 795 Å². The van der Waals surface area contributed by atoms with Crippen LogP contribution in [0.4, 0.5) is 34.1 Å². The summed E-state index contributed by atoms with van der Waals surface area (Å²) < 4.78 is 302. The van der Waals surface area contributed by atoms with Crippen molar-refractivity contribution in [1.29, 1.82) is 0 Å². The summed E-state index contributed by atoms with van der Waals surface area (Å²) in [5, 5.41) is 0.0860. The van der Waals surface area contributed by atoms with Crippen LogP contribution >= 0.6 is 0 Å². The Morgan fingerprint density at radius 3 is 0.854 bits per heavy atom. The van der Waals surface area contributed by atoms with Crippen LogP contribution in [0.3, 0.4) is 0 Å². The second kappa shape index (κ2) is 27.7. The number of anilines is 6. The van der Waals surface area contributed by atoms with Gasteiger partial charge in [0.2, 0.25) is 0 Å². The van der Waals surface area contributed by atoms with E-state index in [-0.39, 0.29) is 55.0 Å². The molecule has 0 bridgehead atoms.